The van der Waals surface area contributed by atoms with Crippen LogP contribution in [0.1, 0.15) is 36.6 Å². The normalized spacial score (nSPS) is 15.1. The van der Waals surface area contributed by atoms with Gasteiger partial charge in [-0.25, -0.2) is 9.97 Å². The number of nitrogens with zero attached hydrogens (tertiary/aromatic N) is 2. The Labute approximate surface area is 97.2 Å². The van der Waals surface area contributed by atoms with E-state index in [0.29, 0.717) is 0 Å². The zero-order valence-corrected chi connectivity index (χ0v) is 10.3. The van der Waals surface area contributed by atoms with Gasteiger partial charge in [0.1, 0.15) is 5.01 Å². The maximum atomic E-state index is 4.29. The minimum absolute atomic E-state index is 0.273. The van der Waals surface area contributed by atoms with Gasteiger partial charge in [0.05, 0.1) is 17.2 Å². The van der Waals surface area contributed by atoms with Gasteiger partial charge in [-0.15, -0.1) is 22.7 Å². The Morgan fingerprint density at radius 1 is 1.27 bits per heavy atom. The minimum atomic E-state index is 0.273. The second kappa shape index (κ2) is 4.83. The Morgan fingerprint density at radius 2 is 2.13 bits per heavy atom. The van der Waals surface area contributed by atoms with Gasteiger partial charge >= 0.3 is 0 Å². The zero-order valence-electron chi connectivity index (χ0n) is 8.68. The molecule has 2 atom stereocenters. The number of thiazole rings is 2. The molecule has 0 aliphatic heterocycles. The summed E-state index contributed by atoms with van der Waals surface area (Å²) in [7, 11) is 0. The van der Waals surface area contributed by atoms with Crippen molar-refractivity contribution in [1.29, 1.82) is 0 Å². The quantitative estimate of drug-likeness (QED) is 0.891. The monoisotopic (exact) mass is 239 g/mol. The van der Waals surface area contributed by atoms with E-state index >= 15 is 0 Å². The van der Waals surface area contributed by atoms with E-state index in [0.717, 1.165) is 10.7 Å². The van der Waals surface area contributed by atoms with Gasteiger partial charge in [-0.2, -0.15) is 0 Å². The highest BCUT2D eigenvalue weighted by Gasteiger charge is 2.13. The highest BCUT2D eigenvalue weighted by molar-refractivity contribution is 7.09. The van der Waals surface area contributed by atoms with E-state index in [1.807, 2.05) is 17.1 Å². The van der Waals surface area contributed by atoms with E-state index in [1.54, 1.807) is 22.7 Å². The molecule has 0 aliphatic carbocycles. The van der Waals surface area contributed by atoms with E-state index in [-0.39, 0.29) is 12.1 Å². The van der Waals surface area contributed by atoms with Gasteiger partial charge in [0, 0.05) is 23.0 Å². The summed E-state index contributed by atoms with van der Waals surface area (Å²) >= 11 is 3.31. The third-order valence-corrected chi connectivity index (χ3v) is 3.78. The Morgan fingerprint density at radius 3 is 2.73 bits per heavy atom. The van der Waals surface area contributed by atoms with E-state index in [1.165, 1.54) is 0 Å². The van der Waals surface area contributed by atoms with Crippen molar-refractivity contribution < 1.29 is 0 Å². The average Bonchev–Trinajstić information content (AvgIpc) is 2.91. The van der Waals surface area contributed by atoms with Crippen molar-refractivity contribution in [3.05, 3.63) is 33.2 Å². The average molecular weight is 239 g/mol. The SMILES string of the molecule is CC(NC(C)c1nccs1)c1cscn1. The van der Waals surface area contributed by atoms with Crippen molar-refractivity contribution in [3.8, 4) is 0 Å². The van der Waals surface area contributed by atoms with Gasteiger partial charge in [0.15, 0.2) is 0 Å². The second-order valence-electron chi connectivity index (χ2n) is 3.39. The topological polar surface area (TPSA) is 37.8 Å². The molecule has 5 heteroatoms. The molecular weight excluding hydrogens is 226 g/mol. The molecule has 0 amide bonds. The molecule has 2 aromatic rings. The van der Waals surface area contributed by atoms with E-state index in [2.05, 4.69) is 34.5 Å². The van der Waals surface area contributed by atoms with Crippen LogP contribution in [-0.4, -0.2) is 9.97 Å². The fourth-order valence-corrected chi connectivity index (χ4v) is 2.72. The van der Waals surface area contributed by atoms with Crippen LogP contribution in [0.5, 0.6) is 0 Å². The van der Waals surface area contributed by atoms with Gasteiger partial charge in [-0.05, 0) is 13.8 Å². The number of aromatic nitrogens is 2. The molecule has 1 N–H and O–H groups in total. The fraction of sp³-hybridized carbons (Fsp3) is 0.400. The van der Waals surface area contributed by atoms with Crippen LogP contribution >= 0.6 is 22.7 Å². The lowest BCUT2D eigenvalue weighted by Gasteiger charge is -2.16. The van der Waals surface area contributed by atoms with Crippen LogP contribution in [0.4, 0.5) is 0 Å². The fourth-order valence-electron chi connectivity index (χ4n) is 1.42. The number of hydrogen-bond acceptors (Lipinski definition) is 5. The molecule has 0 aliphatic rings. The summed E-state index contributed by atoms with van der Waals surface area (Å²) in [5.74, 6) is 0. The van der Waals surface area contributed by atoms with Crippen LogP contribution < -0.4 is 5.32 Å². The summed E-state index contributed by atoms with van der Waals surface area (Å²) in [4.78, 5) is 8.58. The lowest BCUT2D eigenvalue weighted by atomic mass is 10.2. The van der Waals surface area contributed by atoms with Crippen molar-refractivity contribution in [2.75, 3.05) is 0 Å². The summed E-state index contributed by atoms with van der Waals surface area (Å²) in [6.45, 7) is 4.25. The molecule has 80 valence electrons. The van der Waals surface area contributed by atoms with Crippen LogP contribution in [0.15, 0.2) is 22.5 Å². The first-order chi connectivity index (χ1) is 7.27. The van der Waals surface area contributed by atoms with Crippen LogP contribution in [0, 0.1) is 0 Å². The van der Waals surface area contributed by atoms with Crippen LogP contribution in [-0.2, 0) is 0 Å². The van der Waals surface area contributed by atoms with Crippen LogP contribution in [0.25, 0.3) is 0 Å². The number of hydrogen-bond donors (Lipinski definition) is 1. The molecule has 0 saturated heterocycles. The lowest BCUT2D eigenvalue weighted by Crippen LogP contribution is -2.22. The summed E-state index contributed by atoms with van der Waals surface area (Å²) in [6, 6.07) is 0.553. The second-order valence-corrected chi connectivity index (χ2v) is 5.04. The summed E-state index contributed by atoms with van der Waals surface area (Å²) in [5.41, 5.74) is 2.96. The van der Waals surface area contributed by atoms with Crippen molar-refractivity contribution in [2.24, 2.45) is 0 Å². The predicted octanol–water partition coefficient (Wildman–Crippen LogP) is 3.01. The molecule has 0 spiro atoms. The smallest absolute Gasteiger partial charge is 0.109 e. The molecule has 0 radical (unpaired) electrons. The molecule has 2 rings (SSSR count). The third-order valence-electron chi connectivity index (χ3n) is 2.22. The van der Waals surface area contributed by atoms with E-state index in [9.17, 15) is 0 Å². The highest BCUT2D eigenvalue weighted by Crippen LogP contribution is 2.20. The zero-order chi connectivity index (χ0) is 10.7. The lowest BCUT2D eigenvalue weighted by molar-refractivity contribution is 0.486. The Bertz CT molecular complexity index is 344. The Kier molecular flexibility index (Phi) is 3.45. The number of nitrogens with one attached hydrogen (secondary N) is 1. The molecule has 0 saturated carbocycles. The van der Waals surface area contributed by atoms with Gasteiger partial charge in [-0.3, -0.25) is 0 Å². The van der Waals surface area contributed by atoms with Gasteiger partial charge < -0.3 is 5.32 Å². The first-order valence-corrected chi connectivity index (χ1v) is 6.63. The molecule has 2 unspecified atom stereocenters. The van der Waals surface area contributed by atoms with Crippen molar-refractivity contribution >= 4 is 22.7 Å². The van der Waals surface area contributed by atoms with Crippen molar-refractivity contribution in [3.63, 3.8) is 0 Å². The Hall–Kier alpha value is -0.780. The van der Waals surface area contributed by atoms with Gasteiger partial charge in [-0.1, -0.05) is 0 Å². The summed E-state index contributed by atoms with van der Waals surface area (Å²) < 4.78 is 0. The summed E-state index contributed by atoms with van der Waals surface area (Å²) in [5, 5.41) is 8.68. The molecule has 2 aromatic heterocycles. The first-order valence-electron chi connectivity index (χ1n) is 4.81. The largest absolute Gasteiger partial charge is 0.300 e. The molecule has 0 bridgehead atoms. The van der Waals surface area contributed by atoms with Crippen molar-refractivity contribution in [2.45, 2.75) is 25.9 Å². The standard InChI is InChI=1S/C10H13N3S2/c1-7(9-5-14-6-12-9)13-8(2)10-11-3-4-15-10/h3-8,13H,1-2H3. The molecule has 3 nitrogen and oxygen atoms in total. The first kappa shape index (κ1) is 10.7. The van der Waals surface area contributed by atoms with Gasteiger partial charge in [0.2, 0.25) is 0 Å². The maximum Gasteiger partial charge on any atom is 0.109 e. The van der Waals surface area contributed by atoms with Gasteiger partial charge in [0.25, 0.3) is 0 Å². The molecule has 2 heterocycles. The number of rotatable bonds is 4. The molecular formula is C10H13N3S2. The highest BCUT2D eigenvalue weighted by atomic mass is 32.1. The molecule has 15 heavy (non-hydrogen) atoms. The van der Waals surface area contributed by atoms with Crippen molar-refractivity contribution in [1.82, 2.24) is 15.3 Å². The maximum absolute atomic E-state index is 4.29. The van der Waals surface area contributed by atoms with Crippen LogP contribution in [0.3, 0.4) is 0 Å². The van der Waals surface area contributed by atoms with Crippen LogP contribution in [0.2, 0.25) is 0 Å². The molecule has 0 aromatic carbocycles. The predicted molar refractivity (Wildman–Crippen MR) is 64.2 cm³/mol. The third kappa shape index (κ3) is 2.62. The van der Waals surface area contributed by atoms with E-state index in [4.69, 9.17) is 0 Å². The summed E-state index contributed by atoms with van der Waals surface area (Å²) in [6.07, 6.45) is 1.84. The Balaban J connectivity index is 1.98. The minimum Gasteiger partial charge on any atom is -0.300 e. The molecule has 0 fully saturated rings. The van der Waals surface area contributed by atoms with E-state index < -0.39 is 0 Å².